The van der Waals surface area contributed by atoms with Crippen LogP contribution < -0.4 is 15.0 Å². The summed E-state index contributed by atoms with van der Waals surface area (Å²) in [5, 5.41) is 4.01. The average molecular weight is 447 g/mol. The molecule has 164 valence electrons. The van der Waals surface area contributed by atoms with E-state index in [-0.39, 0.29) is 5.91 Å². The van der Waals surface area contributed by atoms with Gasteiger partial charge in [-0.2, -0.15) is 0 Å². The number of rotatable bonds is 9. The van der Waals surface area contributed by atoms with Gasteiger partial charge in [-0.05, 0) is 35.7 Å². The number of hydrogen-bond acceptors (Lipinski definition) is 6. The van der Waals surface area contributed by atoms with Gasteiger partial charge in [-0.25, -0.2) is 9.97 Å². The van der Waals surface area contributed by atoms with E-state index in [1.165, 1.54) is 11.1 Å². The number of methoxy groups -OCH3 is 1. The Morgan fingerprint density at radius 1 is 1.09 bits per heavy atom. The number of aromatic nitrogens is 2. The third-order valence-corrected chi connectivity index (χ3v) is 6.39. The molecular formula is C25H26N4O2S. The van der Waals surface area contributed by atoms with Gasteiger partial charge in [-0.1, -0.05) is 42.5 Å². The first-order valence-electron chi connectivity index (χ1n) is 10.5. The van der Waals surface area contributed by atoms with Crippen molar-refractivity contribution in [1.82, 2.24) is 15.3 Å². The van der Waals surface area contributed by atoms with Crippen LogP contribution in [0.25, 0.3) is 20.7 Å². The Hall–Kier alpha value is -3.45. The Bertz CT molecular complexity index is 1180. The Balaban J connectivity index is 1.32. The van der Waals surface area contributed by atoms with Gasteiger partial charge in [0, 0.05) is 31.4 Å². The van der Waals surface area contributed by atoms with E-state index < -0.39 is 0 Å². The lowest BCUT2D eigenvalue weighted by Crippen LogP contribution is -2.30. The number of carbonyl (C=O) groups excluding carboxylic acids is 1. The molecule has 2 aromatic carbocycles. The maximum atomic E-state index is 12.3. The molecule has 2 aromatic heterocycles. The van der Waals surface area contributed by atoms with E-state index >= 15 is 0 Å². The molecule has 0 aliphatic heterocycles. The summed E-state index contributed by atoms with van der Waals surface area (Å²) in [4.78, 5) is 25.4. The molecule has 4 rings (SSSR count). The molecule has 0 spiro atoms. The summed E-state index contributed by atoms with van der Waals surface area (Å²) in [5.41, 5.74) is 2.33. The molecule has 2 heterocycles. The molecule has 4 aromatic rings. The topological polar surface area (TPSA) is 67.3 Å². The fraction of sp³-hybridized carbons (Fsp3) is 0.240. The monoisotopic (exact) mass is 446 g/mol. The van der Waals surface area contributed by atoms with Crippen molar-refractivity contribution >= 4 is 33.3 Å². The van der Waals surface area contributed by atoms with Crippen molar-refractivity contribution in [1.29, 1.82) is 0 Å². The lowest BCUT2D eigenvalue weighted by molar-refractivity contribution is -0.120. The third kappa shape index (κ3) is 5.23. The minimum absolute atomic E-state index is 0.0333. The number of amides is 1. The van der Waals surface area contributed by atoms with E-state index in [4.69, 9.17) is 4.74 Å². The van der Waals surface area contributed by atoms with Crippen LogP contribution in [0.1, 0.15) is 12.0 Å². The zero-order valence-electron chi connectivity index (χ0n) is 18.2. The van der Waals surface area contributed by atoms with E-state index in [0.29, 0.717) is 19.5 Å². The van der Waals surface area contributed by atoms with Crippen LogP contribution in [-0.2, 0) is 11.2 Å². The number of fused-ring (bicyclic) bond motifs is 1. The summed E-state index contributed by atoms with van der Waals surface area (Å²) < 4.78 is 5.17. The molecule has 0 atom stereocenters. The molecule has 0 aliphatic rings. The van der Waals surface area contributed by atoms with Crippen LogP contribution in [0, 0.1) is 0 Å². The van der Waals surface area contributed by atoms with Crippen molar-refractivity contribution in [2.75, 3.05) is 32.1 Å². The molecule has 1 amide bonds. The van der Waals surface area contributed by atoms with Gasteiger partial charge in [-0.15, -0.1) is 11.3 Å². The second kappa shape index (κ2) is 10.2. The van der Waals surface area contributed by atoms with Gasteiger partial charge < -0.3 is 15.0 Å². The van der Waals surface area contributed by atoms with Crippen molar-refractivity contribution in [3.8, 4) is 16.2 Å². The fourth-order valence-electron chi connectivity index (χ4n) is 3.49. The van der Waals surface area contributed by atoms with E-state index in [1.54, 1.807) is 24.8 Å². The number of thiophene rings is 1. The molecule has 0 radical (unpaired) electrons. The molecule has 7 heteroatoms. The van der Waals surface area contributed by atoms with E-state index in [2.05, 4.69) is 33.5 Å². The van der Waals surface area contributed by atoms with Crippen molar-refractivity contribution in [3.63, 3.8) is 0 Å². The van der Waals surface area contributed by atoms with Gasteiger partial charge in [0.1, 0.15) is 22.7 Å². The lowest BCUT2D eigenvalue weighted by Gasteiger charge is -2.18. The number of ether oxygens (including phenoxy) is 1. The molecule has 0 aliphatic carbocycles. The maximum Gasteiger partial charge on any atom is 0.221 e. The quantitative estimate of drug-likeness (QED) is 0.408. The summed E-state index contributed by atoms with van der Waals surface area (Å²) in [6, 6.07) is 20.3. The van der Waals surface area contributed by atoms with Gasteiger partial charge in [0.15, 0.2) is 0 Å². The van der Waals surface area contributed by atoms with Gasteiger partial charge in [0.2, 0.25) is 5.91 Å². The van der Waals surface area contributed by atoms with Crippen molar-refractivity contribution in [2.45, 2.75) is 12.8 Å². The minimum atomic E-state index is 0.0333. The number of nitrogens with zero attached hydrogens (tertiary/aromatic N) is 3. The molecule has 0 unspecified atom stereocenters. The fourth-order valence-corrected chi connectivity index (χ4v) is 4.49. The van der Waals surface area contributed by atoms with E-state index in [1.807, 2.05) is 54.4 Å². The third-order valence-electron chi connectivity index (χ3n) is 5.30. The number of hydrogen-bond donors (Lipinski definition) is 1. The zero-order valence-corrected chi connectivity index (χ0v) is 19.1. The Kier molecular flexibility index (Phi) is 6.97. The highest BCUT2D eigenvalue weighted by Gasteiger charge is 2.14. The van der Waals surface area contributed by atoms with Gasteiger partial charge in [-0.3, -0.25) is 4.79 Å². The predicted molar refractivity (Wildman–Crippen MR) is 130 cm³/mol. The molecule has 0 fully saturated rings. The van der Waals surface area contributed by atoms with E-state index in [0.717, 1.165) is 33.1 Å². The summed E-state index contributed by atoms with van der Waals surface area (Å²) >= 11 is 1.65. The van der Waals surface area contributed by atoms with Gasteiger partial charge in [0.05, 0.1) is 12.5 Å². The molecule has 32 heavy (non-hydrogen) atoms. The van der Waals surface area contributed by atoms with Crippen molar-refractivity contribution < 1.29 is 9.53 Å². The highest BCUT2D eigenvalue weighted by atomic mass is 32.1. The Morgan fingerprint density at radius 3 is 2.62 bits per heavy atom. The summed E-state index contributed by atoms with van der Waals surface area (Å²) in [6.07, 6.45) is 2.78. The van der Waals surface area contributed by atoms with Crippen LogP contribution in [-0.4, -0.2) is 43.1 Å². The summed E-state index contributed by atoms with van der Waals surface area (Å²) in [5.74, 6) is 1.71. The van der Waals surface area contributed by atoms with Crippen molar-refractivity contribution in [3.05, 3.63) is 72.6 Å². The molecule has 0 bridgehead atoms. The van der Waals surface area contributed by atoms with Crippen LogP contribution in [0.2, 0.25) is 0 Å². The first kappa shape index (κ1) is 21.8. The normalized spacial score (nSPS) is 10.8. The number of carbonyl (C=O) groups is 1. The number of benzene rings is 2. The first-order chi connectivity index (χ1) is 15.6. The summed E-state index contributed by atoms with van der Waals surface area (Å²) in [7, 11) is 3.62. The van der Waals surface area contributed by atoms with Crippen molar-refractivity contribution in [2.24, 2.45) is 0 Å². The first-order valence-corrected chi connectivity index (χ1v) is 11.4. The molecular weight excluding hydrogens is 420 g/mol. The van der Waals surface area contributed by atoms with Crippen LogP contribution >= 0.6 is 11.3 Å². The second-order valence-corrected chi connectivity index (χ2v) is 8.54. The van der Waals surface area contributed by atoms with Crippen LogP contribution in [0.3, 0.4) is 0 Å². The van der Waals surface area contributed by atoms with E-state index in [9.17, 15) is 4.79 Å². The van der Waals surface area contributed by atoms with Crippen LogP contribution in [0.4, 0.5) is 5.82 Å². The molecule has 0 saturated carbocycles. The SMILES string of the molecule is COc1ccc(CCNC(=O)CCN(C)c2ncnc3sc(-c4ccccc4)cc23)cc1. The number of nitrogens with one attached hydrogen (secondary N) is 1. The highest BCUT2D eigenvalue weighted by molar-refractivity contribution is 7.21. The van der Waals surface area contributed by atoms with Crippen LogP contribution in [0.5, 0.6) is 5.75 Å². The van der Waals surface area contributed by atoms with Gasteiger partial charge in [0.25, 0.3) is 0 Å². The molecule has 6 nitrogen and oxygen atoms in total. The Labute approximate surface area is 191 Å². The predicted octanol–water partition coefficient (Wildman–Crippen LogP) is 4.55. The molecule has 0 saturated heterocycles. The standard InChI is InChI=1S/C25H26N4O2S/c1-29(15-13-23(30)26-14-12-18-8-10-20(31-2)11-9-18)24-21-16-22(19-6-4-3-5-7-19)32-25(21)28-17-27-24/h3-11,16-17H,12-15H2,1-2H3,(H,26,30). The smallest absolute Gasteiger partial charge is 0.221 e. The molecule has 1 N–H and O–H groups in total. The lowest BCUT2D eigenvalue weighted by atomic mass is 10.1. The van der Waals surface area contributed by atoms with Gasteiger partial charge >= 0.3 is 0 Å². The highest BCUT2D eigenvalue weighted by Crippen LogP contribution is 2.35. The largest absolute Gasteiger partial charge is 0.497 e. The summed E-state index contributed by atoms with van der Waals surface area (Å²) in [6.45, 7) is 1.19. The zero-order chi connectivity index (χ0) is 22.3. The maximum absolute atomic E-state index is 12.3. The average Bonchev–Trinajstić information content (AvgIpc) is 3.28. The Morgan fingerprint density at radius 2 is 1.88 bits per heavy atom. The van der Waals surface area contributed by atoms with Crippen LogP contribution in [0.15, 0.2) is 67.0 Å². The minimum Gasteiger partial charge on any atom is -0.497 e. The second-order valence-electron chi connectivity index (χ2n) is 7.51. The number of anilines is 1.